The Kier molecular flexibility index (Phi) is 4.38. The molecule has 6 nitrogen and oxygen atoms in total. The lowest BCUT2D eigenvalue weighted by Crippen LogP contribution is -2.31. The second kappa shape index (κ2) is 6.47. The molecule has 1 atom stereocenters. The Hall–Kier alpha value is -2.63. The van der Waals surface area contributed by atoms with E-state index in [0.29, 0.717) is 24.3 Å². The van der Waals surface area contributed by atoms with Crippen molar-refractivity contribution in [2.24, 2.45) is 13.0 Å². The molecular weight excluding hydrogens is 306 g/mol. The molecule has 0 saturated carbocycles. The summed E-state index contributed by atoms with van der Waals surface area (Å²) in [6.07, 6.45) is 1.96. The third-order valence-electron chi connectivity index (χ3n) is 4.44. The summed E-state index contributed by atoms with van der Waals surface area (Å²) < 4.78 is 6.65. The molecule has 1 N–H and O–H groups in total. The average molecular weight is 327 g/mol. The first-order valence-electron chi connectivity index (χ1n) is 7.99. The number of benzene rings is 1. The standard InChI is InChI=1S/C18H21N3O3/c1-11-4-7-16(24-3)15(8-11)19-18(23)12-5-6-14-13(9-12)10-17(22)21(2)20-14/h4,7-8,10,12H,5-6,9H2,1-3H3,(H,19,23). The highest BCUT2D eigenvalue weighted by molar-refractivity contribution is 5.94. The molecule has 0 bridgehead atoms. The summed E-state index contributed by atoms with van der Waals surface area (Å²) in [5.41, 5.74) is 3.37. The van der Waals surface area contributed by atoms with Gasteiger partial charge < -0.3 is 10.1 Å². The zero-order valence-electron chi connectivity index (χ0n) is 14.1. The Morgan fingerprint density at radius 1 is 1.38 bits per heavy atom. The van der Waals surface area contributed by atoms with Crippen molar-refractivity contribution in [3.63, 3.8) is 0 Å². The lowest BCUT2D eigenvalue weighted by molar-refractivity contribution is -0.120. The average Bonchev–Trinajstić information content (AvgIpc) is 2.55. The molecule has 1 aromatic carbocycles. The van der Waals surface area contributed by atoms with Gasteiger partial charge in [0.15, 0.2) is 0 Å². The van der Waals surface area contributed by atoms with Crippen LogP contribution in [0.15, 0.2) is 29.1 Å². The maximum Gasteiger partial charge on any atom is 0.266 e. The summed E-state index contributed by atoms with van der Waals surface area (Å²) in [5.74, 6) is 0.419. The van der Waals surface area contributed by atoms with Crippen molar-refractivity contribution in [3.05, 3.63) is 51.4 Å². The van der Waals surface area contributed by atoms with E-state index in [1.54, 1.807) is 20.2 Å². The predicted octanol–water partition coefficient (Wildman–Crippen LogP) is 1.84. The molecule has 1 unspecified atom stereocenters. The van der Waals surface area contributed by atoms with Gasteiger partial charge in [-0.3, -0.25) is 9.59 Å². The number of amides is 1. The highest BCUT2D eigenvalue weighted by Crippen LogP contribution is 2.28. The quantitative estimate of drug-likeness (QED) is 0.933. The third kappa shape index (κ3) is 3.18. The van der Waals surface area contributed by atoms with Crippen molar-refractivity contribution < 1.29 is 9.53 Å². The fourth-order valence-corrected chi connectivity index (χ4v) is 3.06. The Morgan fingerprint density at radius 2 is 2.17 bits per heavy atom. The van der Waals surface area contributed by atoms with Crippen molar-refractivity contribution in [1.82, 2.24) is 9.78 Å². The zero-order valence-corrected chi connectivity index (χ0v) is 14.1. The molecule has 6 heteroatoms. The van der Waals surface area contributed by atoms with Crippen LogP contribution < -0.4 is 15.6 Å². The molecule has 0 fully saturated rings. The van der Waals surface area contributed by atoms with E-state index >= 15 is 0 Å². The van der Waals surface area contributed by atoms with Gasteiger partial charge in [0.25, 0.3) is 5.56 Å². The highest BCUT2D eigenvalue weighted by atomic mass is 16.5. The third-order valence-corrected chi connectivity index (χ3v) is 4.44. The second-order valence-electron chi connectivity index (χ2n) is 6.21. The van der Waals surface area contributed by atoms with Gasteiger partial charge in [-0.15, -0.1) is 0 Å². The number of carbonyl (C=O) groups excluding carboxylic acids is 1. The van der Waals surface area contributed by atoms with Crippen LogP contribution in [-0.2, 0) is 24.7 Å². The van der Waals surface area contributed by atoms with E-state index in [1.165, 1.54) is 4.68 Å². The lowest BCUT2D eigenvalue weighted by Gasteiger charge is -2.23. The predicted molar refractivity (Wildman–Crippen MR) is 91.4 cm³/mol. The molecule has 0 spiro atoms. The first kappa shape index (κ1) is 16.2. The molecule has 1 amide bonds. The van der Waals surface area contributed by atoms with Crippen LogP contribution in [0, 0.1) is 12.8 Å². The van der Waals surface area contributed by atoms with E-state index < -0.39 is 0 Å². The first-order valence-corrected chi connectivity index (χ1v) is 7.99. The maximum absolute atomic E-state index is 12.6. The summed E-state index contributed by atoms with van der Waals surface area (Å²) in [4.78, 5) is 24.4. The normalized spacial score (nSPS) is 16.4. The Morgan fingerprint density at radius 3 is 2.92 bits per heavy atom. The van der Waals surface area contributed by atoms with Crippen molar-refractivity contribution >= 4 is 11.6 Å². The van der Waals surface area contributed by atoms with E-state index in [9.17, 15) is 9.59 Å². The van der Waals surface area contributed by atoms with Crippen LogP contribution >= 0.6 is 0 Å². The van der Waals surface area contributed by atoms with Gasteiger partial charge in [-0.25, -0.2) is 4.68 Å². The number of anilines is 1. The largest absolute Gasteiger partial charge is 0.495 e. The smallest absolute Gasteiger partial charge is 0.266 e. The molecule has 1 aliphatic rings. The zero-order chi connectivity index (χ0) is 17.3. The van der Waals surface area contributed by atoms with E-state index in [0.717, 1.165) is 23.2 Å². The van der Waals surface area contributed by atoms with E-state index in [-0.39, 0.29) is 17.4 Å². The van der Waals surface area contributed by atoms with Crippen LogP contribution in [0.5, 0.6) is 5.75 Å². The van der Waals surface area contributed by atoms with Gasteiger partial charge in [0.2, 0.25) is 5.91 Å². The number of carbonyl (C=O) groups is 1. The summed E-state index contributed by atoms with van der Waals surface area (Å²) >= 11 is 0. The number of fused-ring (bicyclic) bond motifs is 1. The molecule has 24 heavy (non-hydrogen) atoms. The number of rotatable bonds is 3. The van der Waals surface area contributed by atoms with E-state index in [2.05, 4.69) is 10.4 Å². The molecule has 1 aromatic heterocycles. The van der Waals surface area contributed by atoms with Gasteiger partial charge >= 0.3 is 0 Å². The molecular formula is C18H21N3O3. The van der Waals surface area contributed by atoms with Gasteiger partial charge in [0.1, 0.15) is 5.75 Å². The molecule has 126 valence electrons. The van der Waals surface area contributed by atoms with Gasteiger partial charge in [-0.2, -0.15) is 5.10 Å². The van der Waals surface area contributed by atoms with E-state index in [4.69, 9.17) is 4.74 Å². The Labute approximate surface area is 140 Å². The number of aryl methyl sites for hydroxylation is 3. The first-order chi connectivity index (χ1) is 11.5. The van der Waals surface area contributed by atoms with Crippen LogP contribution in [0.25, 0.3) is 0 Å². The summed E-state index contributed by atoms with van der Waals surface area (Å²) in [6, 6.07) is 7.27. The number of aromatic nitrogens is 2. The van der Waals surface area contributed by atoms with Crippen LogP contribution in [-0.4, -0.2) is 22.8 Å². The topological polar surface area (TPSA) is 73.2 Å². The minimum Gasteiger partial charge on any atom is -0.495 e. The van der Waals surface area contributed by atoms with Gasteiger partial charge in [0.05, 0.1) is 18.5 Å². The highest BCUT2D eigenvalue weighted by Gasteiger charge is 2.26. The number of methoxy groups -OCH3 is 1. The number of hydrogen-bond donors (Lipinski definition) is 1. The molecule has 0 aliphatic heterocycles. The summed E-state index contributed by atoms with van der Waals surface area (Å²) in [5, 5.41) is 7.24. The van der Waals surface area contributed by atoms with Gasteiger partial charge in [-0.1, -0.05) is 6.07 Å². The molecule has 0 saturated heterocycles. The second-order valence-corrected chi connectivity index (χ2v) is 6.21. The number of ether oxygens (including phenoxy) is 1. The van der Waals surface area contributed by atoms with Crippen LogP contribution in [0.2, 0.25) is 0 Å². The van der Waals surface area contributed by atoms with Crippen molar-refractivity contribution in [3.8, 4) is 5.75 Å². The maximum atomic E-state index is 12.6. The van der Waals surface area contributed by atoms with E-state index in [1.807, 2.05) is 25.1 Å². The number of hydrogen-bond acceptors (Lipinski definition) is 4. The number of nitrogens with zero attached hydrogens (tertiary/aromatic N) is 2. The van der Waals surface area contributed by atoms with Gasteiger partial charge in [-0.05, 0) is 49.4 Å². The summed E-state index contributed by atoms with van der Waals surface area (Å²) in [7, 11) is 3.23. The fourth-order valence-electron chi connectivity index (χ4n) is 3.06. The van der Waals surface area contributed by atoms with Crippen molar-refractivity contribution in [2.45, 2.75) is 26.2 Å². The monoisotopic (exact) mass is 327 g/mol. The molecule has 0 radical (unpaired) electrons. The Bertz CT molecular complexity index is 842. The van der Waals surface area contributed by atoms with Crippen LogP contribution in [0.1, 0.15) is 23.2 Å². The number of nitrogens with one attached hydrogen (secondary N) is 1. The Balaban J connectivity index is 1.78. The minimum absolute atomic E-state index is 0.0507. The molecule has 3 rings (SSSR count). The molecule has 2 aromatic rings. The van der Waals surface area contributed by atoms with Gasteiger partial charge in [0, 0.05) is 19.0 Å². The SMILES string of the molecule is COc1ccc(C)cc1NC(=O)C1CCc2nn(C)c(=O)cc2C1. The lowest BCUT2D eigenvalue weighted by atomic mass is 9.86. The molecule has 1 heterocycles. The van der Waals surface area contributed by atoms with Crippen molar-refractivity contribution in [2.75, 3.05) is 12.4 Å². The van der Waals surface area contributed by atoms with Crippen LogP contribution in [0.3, 0.4) is 0 Å². The van der Waals surface area contributed by atoms with Crippen LogP contribution in [0.4, 0.5) is 5.69 Å². The summed E-state index contributed by atoms with van der Waals surface area (Å²) in [6.45, 7) is 1.97. The van der Waals surface area contributed by atoms with Crippen molar-refractivity contribution in [1.29, 1.82) is 0 Å². The molecule has 1 aliphatic carbocycles. The fraction of sp³-hybridized carbons (Fsp3) is 0.389. The minimum atomic E-state index is -0.170.